The molecule has 0 radical (unpaired) electrons. The van der Waals surface area contributed by atoms with Crippen molar-refractivity contribution >= 4 is 23.4 Å². The molecule has 1 aromatic rings. The van der Waals surface area contributed by atoms with Crippen molar-refractivity contribution in [1.29, 1.82) is 0 Å². The first kappa shape index (κ1) is 15.4. The fraction of sp³-hybridized carbons (Fsp3) is 0.733. The highest BCUT2D eigenvalue weighted by Crippen LogP contribution is 2.32. The van der Waals surface area contributed by atoms with Gasteiger partial charge in [-0.25, -0.2) is 9.97 Å². The molecular formula is C15H26N4S. The summed E-state index contributed by atoms with van der Waals surface area (Å²) in [4.78, 5) is 9.12. The number of thioether (sulfide) groups is 1. The van der Waals surface area contributed by atoms with Crippen LogP contribution in [0.4, 0.5) is 11.6 Å². The Balaban J connectivity index is 2.09. The molecule has 20 heavy (non-hydrogen) atoms. The van der Waals surface area contributed by atoms with E-state index < -0.39 is 0 Å². The maximum absolute atomic E-state index is 4.62. The Morgan fingerprint density at radius 2 is 2.00 bits per heavy atom. The minimum absolute atomic E-state index is 0.550. The van der Waals surface area contributed by atoms with Gasteiger partial charge in [-0.3, -0.25) is 0 Å². The van der Waals surface area contributed by atoms with E-state index in [-0.39, 0.29) is 0 Å². The highest BCUT2D eigenvalue weighted by atomic mass is 32.2. The van der Waals surface area contributed by atoms with Crippen LogP contribution in [0.5, 0.6) is 0 Å². The number of aryl methyl sites for hydroxylation is 1. The van der Waals surface area contributed by atoms with Crippen LogP contribution in [0, 0.1) is 0 Å². The van der Waals surface area contributed by atoms with E-state index >= 15 is 0 Å². The highest BCUT2D eigenvalue weighted by Gasteiger charge is 2.27. The number of nitrogens with zero attached hydrogens (tertiary/aromatic N) is 2. The molecule has 0 saturated heterocycles. The summed E-state index contributed by atoms with van der Waals surface area (Å²) in [5.41, 5.74) is 0. The Hall–Kier alpha value is -0.970. The quantitative estimate of drug-likeness (QED) is 0.805. The second-order valence-electron chi connectivity index (χ2n) is 5.11. The topological polar surface area (TPSA) is 49.8 Å². The van der Waals surface area contributed by atoms with Crippen molar-refractivity contribution < 1.29 is 0 Å². The van der Waals surface area contributed by atoms with Gasteiger partial charge in [0.2, 0.25) is 0 Å². The van der Waals surface area contributed by atoms with Crippen LogP contribution in [0.3, 0.4) is 0 Å². The number of rotatable bonds is 7. The summed E-state index contributed by atoms with van der Waals surface area (Å²) in [7, 11) is 0. The molecule has 1 heterocycles. The summed E-state index contributed by atoms with van der Waals surface area (Å²) in [6.07, 6.45) is 4.76. The number of hydrogen-bond donors (Lipinski definition) is 2. The van der Waals surface area contributed by atoms with Gasteiger partial charge in [-0.1, -0.05) is 20.3 Å². The summed E-state index contributed by atoms with van der Waals surface area (Å²) in [6, 6.07) is 2.59. The lowest BCUT2D eigenvalue weighted by atomic mass is 10.2. The predicted molar refractivity (Wildman–Crippen MR) is 88.8 cm³/mol. The van der Waals surface area contributed by atoms with Crippen molar-refractivity contribution in [1.82, 2.24) is 9.97 Å². The van der Waals surface area contributed by atoms with Gasteiger partial charge in [-0.05, 0) is 25.5 Å². The lowest BCUT2D eigenvalue weighted by Gasteiger charge is -2.21. The fourth-order valence-electron chi connectivity index (χ4n) is 2.70. The smallest absolute Gasteiger partial charge is 0.132 e. The first-order valence-electron chi connectivity index (χ1n) is 7.76. The van der Waals surface area contributed by atoms with Crippen molar-refractivity contribution in [2.45, 2.75) is 57.7 Å². The number of aromatic nitrogens is 2. The van der Waals surface area contributed by atoms with Crippen molar-refractivity contribution in [2.75, 3.05) is 22.9 Å². The molecule has 5 heteroatoms. The molecule has 1 saturated carbocycles. The number of anilines is 2. The molecule has 0 bridgehead atoms. The summed E-state index contributed by atoms with van der Waals surface area (Å²) in [5.74, 6) is 4.00. The number of hydrogen-bond acceptors (Lipinski definition) is 5. The molecule has 2 atom stereocenters. The third-order valence-corrected chi connectivity index (χ3v) is 4.94. The molecule has 2 N–H and O–H groups in total. The molecule has 1 aliphatic carbocycles. The zero-order valence-corrected chi connectivity index (χ0v) is 13.6. The molecule has 0 amide bonds. The van der Waals surface area contributed by atoms with Gasteiger partial charge in [-0.2, -0.15) is 11.8 Å². The van der Waals surface area contributed by atoms with Gasteiger partial charge in [0.05, 0.1) is 0 Å². The molecule has 1 aliphatic rings. The summed E-state index contributed by atoms with van der Waals surface area (Å²) in [5, 5.41) is 7.65. The summed E-state index contributed by atoms with van der Waals surface area (Å²) < 4.78 is 0. The van der Waals surface area contributed by atoms with Crippen molar-refractivity contribution in [3.63, 3.8) is 0 Å². The van der Waals surface area contributed by atoms with Crippen LogP contribution in [-0.2, 0) is 6.42 Å². The Morgan fingerprint density at radius 3 is 2.70 bits per heavy atom. The molecule has 2 unspecified atom stereocenters. The van der Waals surface area contributed by atoms with E-state index in [4.69, 9.17) is 0 Å². The normalized spacial score (nSPS) is 21.9. The standard InChI is InChI=1S/C15H26N4S/c1-4-13-18-14(16-5-2)10-15(19-13)17-11-8-7-9-12(11)20-6-3/h10-12H,4-9H2,1-3H3,(H2,16,17,18,19). The van der Waals surface area contributed by atoms with E-state index in [1.54, 1.807) is 0 Å². The van der Waals surface area contributed by atoms with Gasteiger partial charge < -0.3 is 10.6 Å². The van der Waals surface area contributed by atoms with Crippen LogP contribution >= 0.6 is 11.8 Å². The second kappa shape index (κ2) is 7.72. The van der Waals surface area contributed by atoms with Crippen LogP contribution in [-0.4, -0.2) is 33.6 Å². The predicted octanol–water partition coefficient (Wildman–Crippen LogP) is 3.56. The van der Waals surface area contributed by atoms with Gasteiger partial charge in [0.15, 0.2) is 0 Å². The number of nitrogens with one attached hydrogen (secondary N) is 2. The van der Waals surface area contributed by atoms with Crippen molar-refractivity contribution in [3.8, 4) is 0 Å². The van der Waals surface area contributed by atoms with Crippen LogP contribution in [0.15, 0.2) is 6.07 Å². The average molecular weight is 294 g/mol. The molecule has 112 valence electrons. The largest absolute Gasteiger partial charge is 0.370 e. The first-order chi connectivity index (χ1) is 9.76. The maximum atomic E-state index is 4.62. The third kappa shape index (κ3) is 4.01. The van der Waals surface area contributed by atoms with E-state index in [1.165, 1.54) is 25.0 Å². The zero-order valence-electron chi connectivity index (χ0n) is 12.8. The van der Waals surface area contributed by atoms with E-state index in [0.717, 1.165) is 35.7 Å². The van der Waals surface area contributed by atoms with Crippen LogP contribution in [0.25, 0.3) is 0 Å². The molecule has 0 spiro atoms. The Morgan fingerprint density at radius 1 is 1.20 bits per heavy atom. The Kier molecular flexibility index (Phi) is 5.95. The van der Waals surface area contributed by atoms with Crippen LogP contribution < -0.4 is 10.6 Å². The molecule has 2 rings (SSSR count). The maximum Gasteiger partial charge on any atom is 0.132 e. The van der Waals surface area contributed by atoms with Gasteiger partial charge in [0.25, 0.3) is 0 Å². The molecular weight excluding hydrogens is 268 g/mol. The van der Waals surface area contributed by atoms with E-state index in [1.807, 2.05) is 6.07 Å². The first-order valence-corrected chi connectivity index (χ1v) is 8.81. The molecule has 0 aromatic carbocycles. The SMILES string of the molecule is CCNc1cc(NC2CCCC2SCC)nc(CC)n1. The third-order valence-electron chi connectivity index (χ3n) is 3.61. The van der Waals surface area contributed by atoms with Crippen molar-refractivity contribution in [3.05, 3.63) is 11.9 Å². The molecule has 0 aliphatic heterocycles. The highest BCUT2D eigenvalue weighted by molar-refractivity contribution is 7.99. The molecule has 1 fully saturated rings. The lowest BCUT2D eigenvalue weighted by Crippen LogP contribution is -2.27. The minimum Gasteiger partial charge on any atom is -0.370 e. The molecule has 4 nitrogen and oxygen atoms in total. The zero-order chi connectivity index (χ0) is 14.4. The molecule has 1 aromatic heterocycles. The van der Waals surface area contributed by atoms with Gasteiger partial charge in [-0.15, -0.1) is 0 Å². The Bertz CT molecular complexity index is 424. The van der Waals surface area contributed by atoms with E-state index in [0.29, 0.717) is 6.04 Å². The second-order valence-corrected chi connectivity index (χ2v) is 6.63. The minimum atomic E-state index is 0.550. The van der Waals surface area contributed by atoms with Gasteiger partial charge in [0, 0.05) is 30.3 Å². The van der Waals surface area contributed by atoms with E-state index in [9.17, 15) is 0 Å². The lowest BCUT2D eigenvalue weighted by molar-refractivity contribution is 0.758. The Labute approximate surface area is 126 Å². The average Bonchev–Trinajstić information content (AvgIpc) is 2.86. The summed E-state index contributed by atoms with van der Waals surface area (Å²) in [6.45, 7) is 7.31. The fourth-order valence-corrected chi connectivity index (χ4v) is 3.89. The summed E-state index contributed by atoms with van der Waals surface area (Å²) >= 11 is 2.07. The van der Waals surface area contributed by atoms with Gasteiger partial charge >= 0.3 is 0 Å². The van der Waals surface area contributed by atoms with Crippen molar-refractivity contribution in [2.24, 2.45) is 0 Å². The monoisotopic (exact) mass is 294 g/mol. The van der Waals surface area contributed by atoms with E-state index in [2.05, 4.69) is 53.1 Å². The van der Waals surface area contributed by atoms with Gasteiger partial charge in [0.1, 0.15) is 17.5 Å². The van der Waals surface area contributed by atoms with Crippen LogP contribution in [0.1, 0.15) is 45.9 Å². The van der Waals surface area contributed by atoms with Crippen LogP contribution in [0.2, 0.25) is 0 Å².